The van der Waals surface area contributed by atoms with Gasteiger partial charge in [0.25, 0.3) is 0 Å². The molecule has 1 aliphatic rings. The van der Waals surface area contributed by atoms with Crippen molar-refractivity contribution in [3.63, 3.8) is 0 Å². The Kier molecular flexibility index (Phi) is 5.12. The third-order valence-electron chi connectivity index (χ3n) is 4.00. The van der Waals surface area contributed by atoms with Crippen LogP contribution in [0.15, 0.2) is 12.6 Å². The first kappa shape index (κ1) is 15.7. The Balaban J connectivity index is 2.64. The molecule has 1 aromatic rings. The monoisotopic (exact) mass is 292 g/mol. The van der Waals surface area contributed by atoms with Gasteiger partial charge in [0.05, 0.1) is 33.0 Å². The number of methoxy groups -OCH3 is 3. The summed E-state index contributed by atoms with van der Waals surface area (Å²) in [5.41, 5.74) is 2.73. The van der Waals surface area contributed by atoms with Crippen molar-refractivity contribution in [1.82, 2.24) is 0 Å². The van der Waals surface area contributed by atoms with Gasteiger partial charge in [-0.15, -0.1) is 0 Å². The average molecular weight is 292 g/mol. The standard InChI is InChI=1S/C17H24O4/c1-11-9-12(18)7-5-6-8-13-14(19-2)10-15(20-3)16(11)17(13)21-4/h10,12,18H,1,5-9H2,2-4H3/t12-/m1/s1. The van der Waals surface area contributed by atoms with Crippen molar-refractivity contribution < 1.29 is 19.3 Å². The van der Waals surface area contributed by atoms with Gasteiger partial charge in [-0.3, -0.25) is 0 Å². The number of hydrogen-bond donors (Lipinski definition) is 1. The topological polar surface area (TPSA) is 47.9 Å². The maximum Gasteiger partial charge on any atom is 0.136 e. The van der Waals surface area contributed by atoms with Crippen molar-refractivity contribution in [2.75, 3.05) is 21.3 Å². The molecule has 4 heteroatoms. The third-order valence-corrected chi connectivity index (χ3v) is 4.00. The quantitative estimate of drug-likeness (QED) is 0.929. The molecule has 0 amide bonds. The van der Waals surface area contributed by atoms with Crippen molar-refractivity contribution in [2.45, 2.75) is 38.2 Å². The van der Waals surface area contributed by atoms with Crippen molar-refractivity contribution >= 4 is 5.57 Å². The summed E-state index contributed by atoms with van der Waals surface area (Å²) < 4.78 is 16.6. The number of benzene rings is 1. The van der Waals surface area contributed by atoms with Gasteiger partial charge in [0.15, 0.2) is 0 Å². The Morgan fingerprint density at radius 3 is 2.43 bits per heavy atom. The van der Waals surface area contributed by atoms with Crippen molar-refractivity contribution in [2.24, 2.45) is 0 Å². The van der Waals surface area contributed by atoms with E-state index in [4.69, 9.17) is 14.2 Å². The zero-order valence-electron chi connectivity index (χ0n) is 13.1. The van der Waals surface area contributed by atoms with Gasteiger partial charge in [-0.05, 0) is 31.3 Å². The number of hydrogen-bond acceptors (Lipinski definition) is 4. The van der Waals surface area contributed by atoms with Crippen LogP contribution in [0.1, 0.15) is 36.8 Å². The van der Waals surface area contributed by atoms with Crippen LogP contribution in [0.25, 0.3) is 5.57 Å². The van der Waals surface area contributed by atoms with Gasteiger partial charge >= 0.3 is 0 Å². The van der Waals surface area contributed by atoms with Crippen LogP contribution in [0, 0.1) is 0 Å². The lowest BCUT2D eigenvalue weighted by atomic mass is 9.91. The zero-order chi connectivity index (χ0) is 15.4. The molecule has 4 nitrogen and oxygen atoms in total. The summed E-state index contributed by atoms with van der Waals surface area (Å²) >= 11 is 0. The highest BCUT2D eigenvalue weighted by molar-refractivity contribution is 5.77. The molecule has 0 aliphatic heterocycles. The highest BCUT2D eigenvalue weighted by Crippen LogP contribution is 2.44. The molecule has 2 rings (SSSR count). The first-order valence-electron chi connectivity index (χ1n) is 7.30. The molecule has 0 heterocycles. The van der Waals surface area contributed by atoms with E-state index in [2.05, 4.69) is 6.58 Å². The van der Waals surface area contributed by atoms with Crippen molar-refractivity contribution in [3.05, 3.63) is 23.8 Å². The summed E-state index contributed by atoms with van der Waals surface area (Å²) in [6.07, 6.45) is 3.76. The van der Waals surface area contributed by atoms with Gasteiger partial charge in [-0.1, -0.05) is 13.0 Å². The van der Waals surface area contributed by atoms with E-state index in [1.165, 1.54) is 0 Å². The van der Waals surface area contributed by atoms with Crippen LogP contribution in [-0.2, 0) is 6.42 Å². The second kappa shape index (κ2) is 6.85. The third kappa shape index (κ3) is 3.16. The maximum atomic E-state index is 10.1. The van der Waals surface area contributed by atoms with Crippen LogP contribution in [0.2, 0.25) is 0 Å². The van der Waals surface area contributed by atoms with Crippen LogP contribution in [0.3, 0.4) is 0 Å². The molecule has 21 heavy (non-hydrogen) atoms. The molecule has 0 unspecified atom stereocenters. The molecular weight excluding hydrogens is 268 g/mol. The SMILES string of the molecule is C=C1C[C@H](O)CCCCc2c(OC)cc(OC)c1c2OC. The number of fused-ring (bicyclic) bond motifs is 2. The summed E-state index contributed by atoms with van der Waals surface area (Å²) in [6.45, 7) is 4.12. The zero-order valence-corrected chi connectivity index (χ0v) is 13.1. The fourth-order valence-corrected chi connectivity index (χ4v) is 2.96. The highest BCUT2D eigenvalue weighted by atomic mass is 16.5. The van der Waals surface area contributed by atoms with E-state index >= 15 is 0 Å². The molecule has 0 saturated heterocycles. The summed E-state index contributed by atoms with van der Waals surface area (Å²) in [4.78, 5) is 0. The van der Waals surface area contributed by atoms with E-state index < -0.39 is 0 Å². The largest absolute Gasteiger partial charge is 0.496 e. The summed E-state index contributed by atoms with van der Waals surface area (Å²) in [5.74, 6) is 2.21. The van der Waals surface area contributed by atoms with E-state index in [0.29, 0.717) is 12.2 Å². The molecule has 1 atom stereocenters. The van der Waals surface area contributed by atoms with E-state index in [1.54, 1.807) is 21.3 Å². The highest BCUT2D eigenvalue weighted by Gasteiger charge is 2.24. The molecular formula is C17H24O4. The van der Waals surface area contributed by atoms with Crippen LogP contribution in [0.5, 0.6) is 17.2 Å². The van der Waals surface area contributed by atoms with Crippen LogP contribution < -0.4 is 14.2 Å². The number of ether oxygens (including phenoxy) is 3. The lowest BCUT2D eigenvalue weighted by Crippen LogP contribution is -2.11. The molecule has 1 aromatic carbocycles. The molecule has 116 valence electrons. The Morgan fingerprint density at radius 1 is 1.10 bits per heavy atom. The van der Waals surface area contributed by atoms with Gasteiger partial charge in [0.1, 0.15) is 17.2 Å². The summed E-state index contributed by atoms with van der Waals surface area (Å²) in [5, 5.41) is 10.1. The van der Waals surface area contributed by atoms with E-state index in [9.17, 15) is 5.11 Å². The lowest BCUT2D eigenvalue weighted by Gasteiger charge is -2.23. The van der Waals surface area contributed by atoms with Gasteiger partial charge in [-0.25, -0.2) is 0 Å². The van der Waals surface area contributed by atoms with Crippen molar-refractivity contribution in [1.29, 1.82) is 0 Å². The van der Waals surface area contributed by atoms with Gasteiger partial charge < -0.3 is 19.3 Å². The minimum atomic E-state index is -0.365. The fourth-order valence-electron chi connectivity index (χ4n) is 2.96. The maximum absolute atomic E-state index is 10.1. The predicted molar refractivity (Wildman–Crippen MR) is 83.3 cm³/mol. The lowest BCUT2D eigenvalue weighted by molar-refractivity contribution is 0.166. The summed E-state index contributed by atoms with van der Waals surface area (Å²) in [7, 11) is 4.92. The van der Waals surface area contributed by atoms with Crippen molar-refractivity contribution in [3.8, 4) is 17.2 Å². The molecule has 0 aromatic heterocycles. The number of aliphatic hydroxyl groups is 1. The predicted octanol–water partition coefficient (Wildman–Crippen LogP) is 3.20. The molecule has 2 bridgehead atoms. The van der Waals surface area contributed by atoms with E-state index in [0.717, 1.165) is 53.9 Å². The number of aliphatic hydroxyl groups excluding tert-OH is 1. The average Bonchev–Trinajstić information content (AvgIpc) is 2.49. The van der Waals surface area contributed by atoms with Crippen LogP contribution in [0.4, 0.5) is 0 Å². The smallest absolute Gasteiger partial charge is 0.136 e. The van der Waals surface area contributed by atoms with E-state index in [1.807, 2.05) is 6.07 Å². The van der Waals surface area contributed by atoms with E-state index in [-0.39, 0.29) is 6.10 Å². The fraction of sp³-hybridized carbons (Fsp3) is 0.529. The van der Waals surface area contributed by atoms with Gasteiger partial charge in [0, 0.05) is 11.6 Å². The Labute approximate surface area is 126 Å². The van der Waals surface area contributed by atoms with Gasteiger partial charge in [-0.2, -0.15) is 0 Å². The molecule has 0 radical (unpaired) electrons. The van der Waals surface area contributed by atoms with Crippen LogP contribution in [-0.4, -0.2) is 32.5 Å². The molecule has 1 N–H and O–H groups in total. The first-order valence-corrected chi connectivity index (χ1v) is 7.30. The minimum Gasteiger partial charge on any atom is -0.496 e. The number of rotatable bonds is 3. The Morgan fingerprint density at radius 2 is 1.81 bits per heavy atom. The normalized spacial score (nSPS) is 19.0. The van der Waals surface area contributed by atoms with Gasteiger partial charge in [0.2, 0.25) is 0 Å². The second-order valence-corrected chi connectivity index (χ2v) is 5.38. The molecule has 0 fully saturated rings. The minimum absolute atomic E-state index is 0.365. The van der Waals surface area contributed by atoms with Crippen LogP contribution >= 0.6 is 0 Å². The molecule has 0 spiro atoms. The Hall–Kier alpha value is -1.68. The summed E-state index contributed by atoms with van der Waals surface area (Å²) in [6, 6.07) is 1.88. The molecule has 0 saturated carbocycles. The molecule has 1 aliphatic carbocycles. The first-order chi connectivity index (χ1) is 10.1. The second-order valence-electron chi connectivity index (χ2n) is 5.38. The Bertz CT molecular complexity index is 522.